The predicted molar refractivity (Wildman–Crippen MR) is 138 cm³/mol. The van der Waals surface area contributed by atoms with Crippen LogP contribution in [0.25, 0.3) is 0 Å². The second kappa shape index (κ2) is 10.2. The lowest BCUT2D eigenvalue weighted by molar-refractivity contribution is -0.130. The van der Waals surface area contributed by atoms with Crippen molar-refractivity contribution in [1.82, 2.24) is 19.7 Å². The molecular weight excluding hydrogens is 436 g/mol. The second-order valence-electron chi connectivity index (χ2n) is 11.9. The summed E-state index contributed by atoms with van der Waals surface area (Å²) in [5, 5.41) is 9.32. The Morgan fingerprint density at radius 1 is 1.09 bits per heavy atom. The van der Waals surface area contributed by atoms with Crippen LogP contribution in [0, 0.1) is 25.2 Å². The van der Waals surface area contributed by atoms with Gasteiger partial charge in [-0.25, -0.2) is 0 Å². The number of aromatic nitrogens is 3. The maximum absolute atomic E-state index is 13.7. The van der Waals surface area contributed by atoms with Crippen LogP contribution >= 0.6 is 0 Å². The van der Waals surface area contributed by atoms with Crippen molar-refractivity contribution >= 4 is 11.7 Å². The van der Waals surface area contributed by atoms with E-state index in [0.717, 1.165) is 54.9 Å². The lowest BCUT2D eigenvalue weighted by Gasteiger charge is -2.20. The van der Waals surface area contributed by atoms with Crippen molar-refractivity contribution in [2.75, 3.05) is 13.1 Å². The van der Waals surface area contributed by atoms with E-state index in [1.165, 1.54) is 5.56 Å². The first-order valence-electron chi connectivity index (χ1n) is 13.4. The van der Waals surface area contributed by atoms with Gasteiger partial charge in [0.15, 0.2) is 0 Å². The van der Waals surface area contributed by atoms with E-state index in [1.807, 2.05) is 11.8 Å². The fourth-order valence-electron chi connectivity index (χ4n) is 5.45. The van der Waals surface area contributed by atoms with E-state index >= 15 is 0 Å². The average Bonchev–Trinajstić information content (AvgIpc) is 3.38. The van der Waals surface area contributed by atoms with Gasteiger partial charge in [0, 0.05) is 50.2 Å². The first-order chi connectivity index (χ1) is 16.6. The number of amides is 1. The third-order valence-corrected chi connectivity index (χ3v) is 7.61. The van der Waals surface area contributed by atoms with Crippen LogP contribution in [0.3, 0.4) is 0 Å². The Hall–Kier alpha value is -2.50. The number of rotatable bonds is 9. The number of Topliss-reactive ketones (excluding diaryl/α,β-unsaturated/α-hetero) is 1. The molecule has 0 spiro atoms. The van der Waals surface area contributed by atoms with E-state index < -0.39 is 0 Å². The van der Waals surface area contributed by atoms with Crippen LogP contribution in [0.2, 0.25) is 0 Å². The summed E-state index contributed by atoms with van der Waals surface area (Å²) in [7, 11) is 0. The third-order valence-electron chi connectivity index (χ3n) is 7.61. The Labute approximate surface area is 210 Å². The van der Waals surface area contributed by atoms with Gasteiger partial charge >= 0.3 is 0 Å². The molecule has 6 heteroatoms. The van der Waals surface area contributed by atoms with Crippen molar-refractivity contribution in [2.45, 2.75) is 98.4 Å². The molecule has 1 amide bonds. The van der Waals surface area contributed by atoms with Crippen molar-refractivity contribution in [3.63, 3.8) is 0 Å². The van der Waals surface area contributed by atoms with E-state index in [9.17, 15) is 9.59 Å². The van der Waals surface area contributed by atoms with Gasteiger partial charge in [-0.1, -0.05) is 51.5 Å². The molecule has 2 heterocycles. The molecule has 4 rings (SSSR count). The highest BCUT2D eigenvalue weighted by atomic mass is 16.2. The molecular formula is C29H42N4O2. The number of aryl methyl sites for hydroxylation is 3. The van der Waals surface area contributed by atoms with Gasteiger partial charge in [-0.05, 0) is 56.1 Å². The number of likely N-dealkylation sites (tertiary alicyclic amines) is 1. The molecule has 1 aromatic heterocycles. The molecule has 2 atom stereocenters. The van der Waals surface area contributed by atoms with Gasteiger partial charge in [-0.2, -0.15) is 0 Å². The second-order valence-corrected chi connectivity index (χ2v) is 11.9. The predicted octanol–water partition coefficient (Wildman–Crippen LogP) is 5.36. The lowest BCUT2D eigenvalue weighted by Crippen LogP contribution is -2.29. The Bertz CT molecular complexity index is 1080. The summed E-state index contributed by atoms with van der Waals surface area (Å²) in [5.41, 5.74) is 3.72. The zero-order chi connectivity index (χ0) is 25.3. The van der Waals surface area contributed by atoms with Gasteiger partial charge in [0.2, 0.25) is 5.91 Å². The summed E-state index contributed by atoms with van der Waals surface area (Å²) in [5.74, 6) is 1.95. The largest absolute Gasteiger partial charge is 0.341 e. The minimum absolute atomic E-state index is 0.0896. The average molecular weight is 479 g/mol. The van der Waals surface area contributed by atoms with Crippen LogP contribution < -0.4 is 0 Å². The number of carbonyl (C=O) groups is 2. The van der Waals surface area contributed by atoms with Crippen LogP contribution in [0.4, 0.5) is 0 Å². The van der Waals surface area contributed by atoms with Crippen LogP contribution in [0.1, 0.15) is 100 Å². The minimum Gasteiger partial charge on any atom is -0.341 e. The number of hydrogen-bond donors (Lipinski definition) is 0. The van der Waals surface area contributed by atoms with Crippen LogP contribution in [-0.4, -0.2) is 44.4 Å². The first kappa shape index (κ1) is 25.6. The summed E-state index contributed by atoms with van der Waals surface area (Å²) in [6, 6.07) is 6.72. The Balaban J connectivity index is 1.60. The van der Waals surface area contributed by atoms with Crippen LogP contribution in [0.5, 0.6) is 0 Å². The minimum atomic E-state index is -0.240. The van der Waals surface area contributed by atoms with E-state index in [0.29, 0.717) is 37.4 Å². The number of nitrogens with zero attached hydrogens (tertiary/aromatic N) is 4. The van der Waals surface area contributed by atoms with Gasteiger partial charge in [-0.15, -0.1) is 10.2 Å². The molecule has 1 aliphatic carbocycles. The molecule has 0 unspecified atom stereocenters. The Morgan fingerprint density at radius 3 is 2.46 bits per heavy atom. The molecule has 2 aliphatic rings. The summed E-state index contributed by atoms with van der Waals surface area (Å²) in [6.45, 7) is 13.9. The van der Waals surface area contributed by atoms with Gasteiger partial charge in [0.05, 0.1) is 0 Å². The highest BCUT2D eigenvalue weighted by Crippen LogP contribution is 2.42. The van der Waals surface area contributed by atoms with Crippen LogP contribution in [-0.2, 0) is 22.4 Å². The summed E-state index contributed by atoms with van der Waals surface area (Å²) in [6.07, 6.45) is 6.26. The maximum Gasteiger partial charge on any atom is 0.222 e. The zero-order valence-corrected chi connectivity index (χ0v) is 22.4. The van der Waals surface area contributed by atoms with E-state index in [4.69, 9.17) is 0 Å². The van der Waals surface area contributed by atoms with Gasteiger partial charge < -0.3 is 9.47 Å². The van der Waals surface area contributed by atoms with E-state index in [2.05, 4.69) is 67.6 Å². The van der Waals surface area contributed by atoms with Gasteiger partial charge in [-0.3, -0.25) is 9.59 Å². The Kier molecular flexibility index (Phi) is 7.48. The molecule has 6 nitrogen and oxygen atoms in total. The monoisotopic (exact) mass is 478 g/mol. The summed E-state index contributed by atoms with van der Waals surface area (Å²) in [4.78, 5) is 28.2. The molecule has 190 valence electrons. The zero-order valence-electron chi connectivity index (χ0n) is 22.4. The molecule has 2 fully saturated rings. The van der Waals surface area contributed by atoms with E-state index in [1.54, 1.807) is 0 Å². The van der Waals surface area contributed by atoms with Crippen LogP contribution in [0.15, 0.2) is 18.2 Å². The quantitative estimate of drug-likeness (QED) is 0.486. The standard InChI is InChI=1S/C29H42N4O2/c1-7-27(35)32-17-23(25(34)16-21-11-10-19(2)15-20(21)3)24(18-32)28-31-30-26(33(28)22-12-13-22)9-8-14-29(4,5)6/h10-11,15,22-24H,7-9,12-14,16-18H2,1-6H3/t23-,24-/m0/s1. The molecule has 1 aromatic carbocycles. The maximum atomic E-state index is 13.7. The SMILES string of the molecule is CCC(=O)N1C[C@H](C(=O)Cc2ccc(C)cc2C)[C@@H](c2nnc(CCCC(C)(C)C)n2C2CC2)C1. The summed E-state index contributed by atoms with van der Waals surface area (Å²) < 4.78 is 2.34. The van der Waals surface area contributed by atoms with Crippen molar-refractivity contribution in [1.29, 1.82) is 0 Å². The topological polar surface area (TPSA) is 68.1 Å². The molecule has 0 bridgehead atoms. The fourth-order valence-corrected chi connectivity index (χ4v) is 5.45. The van der Waals surface area contributed by atoms with Gasteiger partial charge in [0.25, 0.3) is 0 Å². The summed E-state index contributed by atoms with van der Waals surface area (Å²) >= 11 is 0. The number of benzene rings is 1. The van der Waals surface area contributed by atoms with Crippen molar-refractivity contribution < 1.29 is 9.59 Å². The van der Waals surface area contributed by atoms with Crippen molar-refractivity contribution in [3.8, 4) is 0 Å². The molecule has 1 aliphatic heterocycles. The third kappa shape index (κ3) is 6.02. The van der Waals surface area contributed by atoms with E-state index in [-0.39, 0.29) is 23.5 Å². The molecule has 35 heavy (non-hydrogen) atoms. The molecule has 2 aromatic rings. The molecule has 0 N–H and O–H groups in total. The highest BCUT2D eigenvalue weighted by molar-refractivity contribution is 5.86. The first-order valence-corrected chi connectivity index (χ1v) is 13.4. The lowest BCUT2D eigenvalue weighted by atomic mass is 9.87. The van der Waals surface area contributed by atoms with Crippen molar-refractivity contribution in [2.24, 2.45) is 11.3 Å². The van der Waals surface area contributed by atoms with Crippen molar-refractivity contribution in [3.05, 3.63) is 46.5 Å². The van der Waals surface area contributed by atoms with Gasteiger partial charge in [0.1, 0.15) is 17.4 Å². The number of carbonyl (C=O) groups excluding carboxylic acids is 2. The molecule has 1 saturated carbocycles. The Morgan fingerprint density at radius 2 is 1.83 bits per heavy atom. The molecule has 1 saturated heterocycles. The number of ketones is 1. The smallest absolute Gasteiger partial charge is 0.222 e. The number of hydrogen-bond acceptors (Lipinski definition) is 4. The molecule has 0 radical (unpaired) electrons. The fraction of sp³-hybridized carbons (Fsp3) is 0.655. The normalized spacial score (nSPS) is 20.5. The highest BCUT2D eigenvalue weighted by Gasteiger charge is 2.44.